The maximum atomic E-state index is 12.8. The summed E-state index contributed by atoms with van der Waals surface area (Å²) in [7, 11) is -3.80. The van der Waals surface area contributed by atoms with Gasteiger partial charge in [-0.1, -0.05) is 37.3 Å². The molecular weight excluding hydrogens is 376 g/mol. The van der Waals surface area contributed by atoms with Crippen LogP contribution in [0.3, 0.4) is 0 Å². The second-order valence-corrected chi connectivity index (χ2v) is 8.83. The predicted octanol–water partition coefficient (Wildman–Crippen LogP) is 2.31. The SMILES string of the molecule is CCc1ccc(S(=O)(=O)NC(CN2C(=O)COC2=O)c2ccccc2)s1. The number of cyclic esters (lactones) is 1. The van der Waals surface area contributed by atoms with Crippen LogP contribution in [0.25, 0.3) is 0 Å². The number of hydrogen-bond acceptors (Lipinski definition) is 6. The summed E-state index contributed by atoms with van der Waals surface area (Å²) in [6.45, 7) is 1.50. The molecule has 1 aromatic heterocycles. The number of nitrogens with one attached hydrogen (secondary N) is 1. The summed E-state index contributed by atoms with van der Waals surface area (Å²) in [5, 5.41) is 0. The molecule has 1 aliphatic rings. The minimum absolute atomic E-state index is 0.132. The first kappa shape index (κ1) is 18.6. The molecule has 0 spiro atoms. The van der Waals surface area contributed by atoms with Crippen molar-refractivity contribution in [3.8, 4) is 0 Å². The molecule has 1 N–H and O–H groups in total. The maximum absolute atomic E-state index is 12.8. The van der Waals surface area contributed by atoms with Gasteiger partial charge >= 0.3 is 6.09 Å². The molecule has 1 atom stereocenters. The third-order valence-corrected chi connectivity index (χ3v) is 7.15. The molecule has 2 aromatic rings. The number of aryl methyl sites for hydroxylation is 1. The van der Waals surface area contributed by atoms with Crippen molar-refractivity contribution in [1.29, 1.82) is 0 Å². The molecule has 0 saturated carbocycles. The lowest BCUT2D eigenvalue weighted by Crippen LogP contribution is -2.40. The third-order valence-electron chi connectivity index (χ3n) is 3.96. The van der Waals surface area contributed by atoms with E-state index in [0.717, 1.165) is 16.2 Å². The molecule has 26 heavy (non-hydrogen) atoms. The standard InChI is InChI=1S/C17H18N2O5S2/c1-2-13-8-9-16(25-13)26(22,23)18-14(12-6-4-3-5-7-12)10-19-15(20)11-24-17(19)21/h3-9,14,18H,2,10-11H2,1H3. The quantitative estimate of drug-likeness (QED) is 0.778. The van der Waals surface area contributed by atoms with Crippen LogP contribution in [-0.4, -0.2) is 38.5 Å². The van der Waals surface area contributed by atoms with Gasteiger partial charge in [-0.15, -0.1) is 11.3 Å². The lowest BCUT2D eigenvalue weighted by atomic mass is 10.1. The highest BCUT2D eigenvalue weighted by atomic mass is 32.2. The fourth-order valence-electron chi connectivity index (χ4n) is 2.57. The average molecular weight is 394 g/mol. The second kappa shape index (κ2) is 7.56. The number of hydrogen-bond donors (Lipinski definition) is 1. The van der Waals surface area contributed by atoms with E-state index in [-0.39, 0.29) is 17.4 Å². The molecule has 2 heterocycles. The Kier molecular flexibility index (Phi) is 5.40. The van der Waals surface area contributed by atoms with E-state index < -0.39 is 28.1 Å². The fraction of sp³-hybridized carbons (Fsp3) is 0.294. The third kappa shape index (κ3) is 3.95. The van der Waals surface area contributed by atoms with E-state index in [1.807, 2.05) is 6.92 Å². The Morgan fingerprint density at radius 1 is 1.19 bits per heavy atom. The van der Waals surface area contributed by atoms with Crippen LogP contribution in [0.5, 0.6) is 0 Å². The van der Waals surface area contributed by atoms with Crippen molar-refractivity contribution in [2.75, 3.05) is 13.2 Å². The van der Waals surface area contributed by atoms with Crippen LogP contribution < -0.4 is 4.72 Å². The minimum atomic E-state index is -3.80. The first-order valence-corrected chi connectivity index (χ1v) is 10.3. The Hall–Kier alpha value is -2.23. The van der Waals surface area contributed by atoms with Crippen molar-refractivity contribution < 1.29 is 22.7 Å². The van der Waals surface area contributed by atoms with E-state index in [0.29, 0.717) is 5.56 Å². The lowest BCUT2D eigenvalue weighted by Gasteiger charge is -2.22. The van der Waals surface area contributed by atoms with Crippen LogP contribution >= 0.6 is 11.3 Å². The number of rotatable bonds is 7. The lowest BCUT2D eigenvalue weighted by molar-refractivity contribution is -0.126. The summed E-state index contributed by atoms with van der Waals surface area (Å²) in [4.78, 5) is 25.5. The monoisotopic (exact) mass is 394 g/mol. The van der Waals surface area contributed by atoms with Gasteiger partial charge in [0.1, 0.15) is 4.21 Å². The molecule has 1 fully saturated rings. The van der Waals surface area contributed by atoms with Gasteiger partial charge in [-0.05, 0) is 24.1 Å². The van der Waals surface area contributed by atoms with E-state index in [2.05, 4.69) is 4.72 Å². The Bertz CT molecular complexity index is 892. The zero-order valence-electron chi connectivity index (χ0n) is 14.0. The van der Waals surface area contributed by atoms with Crippen LogP contribution in [0, 0.1) is 0 Å². The normalized spacial score (nSPS) is 16.0. The van der Waals surface area contributed by atoms with Crippen LogP contribution in [-0.2, 0) is 26.0 Å². The molecule has 9 heteroatoms. The van der Waals surface area contributed by atoms with E-state index >= 15 is 0 Å². The van der Waals surface area contributed by atoms with Crippen molar-refractivity contribution in [2.45, 2.75) is 23.6 Å². The van der Waals surface area contributed by atoms with Gasteiger partial charge < -0.3 is 4.74 Å². The first-order chi connectivity index (χ1) is 12.4. The van der Waals surface area contributed by atoms with E-state index in [4.69, 9.17) is 4.74 Å². The Balaban J connectivity index is 1.88. The topological polar surface area (TPSA) is 92.8 Å². The van der Waals surface area contributed by atoms with Crippen LogP contribution in [0.4, 0.5) is 4.79 Å². The summed E-state index contributed by atoms with van der Waals surface area (Å²) in [6.07, 6.45) is -0.0179. The number of imide groups is 1. The Morgan fingerprint density at radius 3 is 2.50 bits per heavy atom. The zero-order valence-corrected chi connectivity index (χ0v) is 15.7. The minimum Gasteiger partial charge on any atom is -0.439 e. The van der Waals surface area contributed by atoms with Gasteiger partial charge in [-0.3, -0.25) is 4.79 Å². The summed E-state index contributed by atoms with van der Waals surface area (Å²) in [5.74, 6) is -0.487. The molecule has 1 saturated heterocycles. The van der Waals surface area contributed by atoms with Gasteiger partial charge in [0.2, 0.25) is 0 Å². The summed E-state index contributed by atoms with van der Waals surface area (Å²) in [5.41, 5.74) is 0.649. The van der Waals surface area contributed by atoms with E-state index in [1.165, 1.54) is 11.3 Å². The van der Waals surface area contributed by atoms with E-state index in [9.17, 15) is 18.0 Å². The number of ether oxygens (including phenoxy) is 1. The van der Waals surface area contributed by atoms with Crippen molar-refractivity contribution in [1.82, 2.24) is 9.62 Å². The number of carbonyl (C=O) groups excluding carboxylic acids is 2. The molecule has 2 amide bonds. The smallest absolute Gasteiger partial charge is 0.417 e. The molecule has 3 rings (SSSR count). The second-order valence-electron chi connectivity index (χ2n) is 5.72. The van der Waals surface area contributed by atoms with E-state index in [1.54, 1.807) is 42.5 Å². The maximum Gasteiger partial charge on any atom is 0.417 e. The van der Waals surface area contributed by atoms with Gasteiger partial charge in [0.15, 0.2) is 6.61 Å². The van der Waals surface area contributed by atoms with Crippen LogP contribution in [0.15, 0.2) is 46.7 Å². The van der Waals surface area contributed by atoms with Crippen molar-refractivity contribution in [3.05, 3.63) is 52.9 Å². The first-order valence-electron chi connectivity index (χ1n) is 8.04. The molecule has 1 unspecified atom stereocenters. The summed E-state index contributed by atoms with van der Waals surface area (Å²) in [6, 6.07) is 11.4. The predicted molar refractivity (Wildman–Crippen MR) is 96.3 cm³/mol. The molecule has 138 valence electrons. The number of sulfonamides is 1. The highest BCUT2D eigenvalue weighted by Gasteiger charge is 2.35. The molecular formula is C17H18N2O5S2. The number of amides is 2. The van der Waals surface area contributed by atoms with Crippen molar-refractivity contribution in [2.24, 2.45) is 0 Å². The molecule has 1 aliphatic heterocycles. The molecule has 0 radical (unpaired) electrons. The van der Waals surface area contributed by atoms with Crippen molar-refractivity contribution in [3.63, 3.8) is 0 Å². The van der Waals surface area contributed by atoms with Gasteiger partial charge in [-0.25, -0.2) is 22.8 Å². The summed E-state index contributed by atoms with van der Waals surface area (Å²) >= 11 is 1.20. The summed E-state index contributed by atoms with van der Waals surface area (Å²) < 4.78 is 33.0. The fourth-order valence-corrected chi connectivity index (χ4v) is 5.10. The largest absolute Gasteiger partial charge is 0.439 e. The molecule has 1 aromatic carbocycles. The number of nitrogens with zero attached hydrogens (tertiary/aromatic N) is 1. The van der Waals surface area contributed by atoms with Gasteiger partial charge in [0, 0.05) is 4.88 Å². The highest BCUT2D eigenvalue weighted by Crippen LogP contribution is 2.25. The zero-order chi connectivity index (χ0) is 18.7. The highest BCUT2D eigenvalue weighted by molar-refractivity contribution is 7.91. The Labute approximate surface area is 155 Å². The molecule has 0 aliphatic carbocycles. The average Bonchev–Trinajstić information content (AvgIpc) is 3.24. The molecule has 0 bridgehead atoms. The molecule has 7 nitrogen and oxygen atoms in total. The van der Waals surface area contributed by atoms with Gasteiger partial charge in [0.05, 0.1) is 12.6 Å². The Morgan fingerprint density at radius 2 is 1.92 bits per heavy atom. The van der Waals surface area contributed by atoms with Crippen LogP contribution in [0.2, 0.25) is 0 Å². The van der Waals surface area contributed by atoms with Crippen molar-refractivity contribution >= 4 is 33.4 Å². The number of thiophene rings is 1. The van der Waals surface area contributed by atoms with Crippen LogP contribution in [0.1, 0.15) is 23.4 Å². The van der Waals surface area contributed by atoms with Gasteiger partial charge in [-0.2, -0.15) is 0 Å². The van der Waals surface area contributed by atoms with Gasteiger partial charge in [0.25, 0.3) is 15.9 Å². The number of carbonyl (C=O) groups is 2. The number of benzene rings is 1.